The topological polar surface area (TPSA) is 46.9 Å². The van der Waals surface area contributed by atoms with Gasteiger partial charge in [-0.1, -0.05) is 47.5 Å². The van der Waals surface area contributed by atoms with E-state index in [0.29, 0.717) is 22.2 Å². The van der Waals surface area contributed by atoms with E-state index in [2.05, 4.69) is 34.7 Å². The van der Waals surface area contributed by atoms with Gasteiger partial charge in [-0.25, -0.2) is 0 Å². The van der Waals surface area contributed by atoms with E-state index in [-0.39, 0.29) is 5.91 Å². The van der Waals surface area contributed by atoms with Gasteiger partial charge in [0.25, 0.3) is 5.91 Å². The molecule has 3 aromatic rings. The highest BCUT2D eigenvalue weighted by atomic mass is 35.5. The highest BCUT2D eigenvalue weighted by Crippen LogP contribution is 2.22. The lowest BCUT2D eigenvalue weighted by Gasteiger charge is -2.07. The molecule has 0 radical (unpaired) electrons. The highest BCUT2D eigenvalue weighted by molar-refractivity contribution is 6.42. The van der Waals surface area contributed by atoms with Gasteiger partial charge in [-0.15, -0.1) is 0 Å². The molecule has 0 saturated carbocycles. The van der Waals surface area contributed by atoms with Gasteiger partial charge in [-0.2, -0.15) is 5.10 Å². The molecular formula is C19H17Cl2N3O. The maximum absolute atomic E-state index is 12.1. The van der Waals surface area contributed by atoms with E-state index >= 15 is 0 Å². The molecular weight excluding hydrogens is 357 g/mol. The lowest BCUT2D eigenvalue weighted by Crippen LogP contribution is -2.25. The number of halogens is 2. The molecule has 3 rings (SSSR count). The molecule has 0 aliphatic carbocycles. The van der Waals surface area contributed by atoms with E-state index in [1.807, 2.05) is 17.8 Å². The Morgan fingerprint density at radius 3 is 2.48 bits per heavy atom. The second-order valence-corrected chi connectivity index (χ2v) is 6.49. The van der Waals surface area contributed by atoms with E-state index in [9.17, 15) is 4.79 Å². The molecule has 0 unspecified atom stereocenters. The summed E-state index contributed by atoms with van der Waals surface area (Å²) in [4.78, 5) is 12.1. The van der Waals surface area contributed by atoms with E-state index in [1.165, 1.54) is 0 Å². The lowest BCUT2D eigenvalue weighted by atomic mass is 10.1. The van der Waals surface area contributed by atoms with Crippen LogP contribution in [0.3, 0.4) is 0 Å². The predicted molar refractivity (Wildman–Crippen MR) is 101 cm³/mol. The van der Waals surface area contributed by atoms with Crippen molar-refractivity contribution in [2.24, 2.45) is 7.05 Å². The minimum Gasteiger partial charge on any atom is -0.352 e. The number of benzene rings is 2. The van der Waals surface area contributed by atoms with Gasteiger partial charge in [0.2, 0.25) is 0 Å². The van der Waals surface area contributed by atoms with E-state index in [0.717, 1.165) is 23.2 Å². The summed E-state index contributed by atoms with van der Waals surface area (Å²) in [5.74, 6) is -0.162. The molecule has 0 aliphatic heterocycles. The normalized spacial score (nSPS) is 10.7. The Balaban J connectivity index is 1.56. The van der Waals surface area contributed by atoms with Crippen LogP contribution in [0.15, 0.2) is 54.7 Å². The van der Waals surface area contributed by atoms with Crippen molar-refractivity contribution < 1.29 is 4.79 Å². The molecule has 0 atom stereocenters. The minimum absolute atomic E-state index is 0.162. The zero-order chi connectivity index (χ0) is 17.8. The van der Waals surface area contributed by atoms with Crippen LogP contribution in [0.4, 0.5) is 0 Å². The number of aryl methyl sites for hydroxylation is 1. The molecule has 25 heavy (non-hydrogen) atoms. The molecule has 0 saturated heterocycles. The number of amides is 1. The summed E-state index contributed by atoms with van der Waals surface area (Å²) in [7, 11) is 1.92. The van der Waals surface area contributed by atoms with Gasteiger partial charge in [0, 0.05) is 25.4 Å². The third-order valence-corrected chi connectivity index (χ3v) is 4.69. The monoisotopic (exact) mass is 373 g/mol. The molecule has 6 heteroatoms. The fraction of sp³-hybridized carbons (Fsp3) is 0.158. The molecule has 0 spiro atoms. The van der Waals surface area contributed by atoms with E-state index < -0.39 is 0 Å². The average molecular weight is 374 g/mol. The number of hydrogen-bond donors (Lipinski definition) is 1. The van der Waals surface area contributed by atoms with Crippen LogP contribution in [0.1, 0.15) is 15.9 Å². The smallest absolute Gasteiger partial charge is 0.251 e. The first-order valence-corrected chi connectivity index (χ1v) is 8.61. The largest absolute Gasteiger partial charge is 0.352 e. The van der Waals surface area contributed by atoms with E-state index in [1.54, 1.807) is 24.4 Å². The van der Waals surface area contributed by atoms with Crippen LogP contribution in [0.5, 0.6) is 0 Å². The summed E-state index contributed by atoms with van der Waals surface area (Å²) in [6.45, 7) is 0.546. The van der Waals surface area contributed by atoms with Crippen molar-refractivity contribution in [3.63, 3.8) is 0 Å². The fourth-order valence-electron chi connectivity index (χ4n) is 2.56. The fourth-order valence-corrected chi connectivity index (χ4v) is 2.86. The average Bonchev–Trinajstić information content (AvgIpc) is 3.04. The van der Waals surface area contributed by atoms with Crippen LogP contribution in [0, 0.1) is 0 Å². The first-order valence-electron chi connectivity index (χ1n) is 7.85. The summed E-state index contributed by atoms with van der Waals surface area (Å²) < 4.78 is 1.84. The van der Waals surface area contributed by atoms with Crippen LogP contribution in [0.2, 0.25) is 10.0 Å². The van der Waals surface area contributed by atoms with Crippen molar-refractivity contribution in [3.05, 3.63) is 75.9 Å². The van der Waals surface area contributed by atoms with Crippen molar-refractivity contribution >= 4 is 29.1 Å². The third kappa shape index (κ3) is 4.21. The SMILES string of the molecule is Cn1nccc1-c1ccc(CCNC(=O)c2ccc(Cl)c(Cl)c2)cc1. The Labute approximate surface area is 156 Å². The number of hydrogen-bond acceptors (Lipinski definition) is 2. The minimum atomic E-state index is -0.162. The summed E-state index contributed by atoms with van der Waals surface area (Å²) in [5.41, 5.74) is 3.84. The Kier molecular flexibility index (Phi) is 5.41. The van der Waals surface area contributed by atoms with Gasteiger partial charge in [0.05, 0.1) is 15.7 Å². The van der Waals surface area contributed by atoms with Crippen LogP contribution in [-0.4, -0.2) is 22.2 Å². The standard InChI is InChI=1S/C19H17Cl2N3O/c1-24-18(9-11-23-24)14-4-2-13(3-5-14)8-10-22-19(25)15-6-7-16(20)17(21)12-15/h2-7,9,11-12H,8,10H2,1H3,(H,22,25). The molecule has 1 amide bonds. The molecule has 1 N–H and O–H groups in total. The summed E-state index contributed by atoms with van der Waals surface area (Å²) in [6, 6.07) is 15.1. The zero-order valence-corrected chi connectivity index (χ0v) is 15.2. The van der Waals surface area contributed by atoms with Crippen molar-refractivity contribution in [1.82, 2.24) is 15.1 Å². The predicted octanol–water partition coefficient (Wildman–Crippen LogP) is 4.37. The van der Waals surface area contributed by atoms with Crippen LogP contribution >= 0.6 is 23.2 Å². The summed E-state index contributed by atoms with van der Waals surface area (Å²) in [5, 5.41) is 7.88. The molecule has 1 aromatic heterocycles. The van der Waals surface area contributed by atoms with Gasteiger partial charge in [-0.3, -0.25) is 9.48 Å². The molecule has 0 aliphatic rings. The first-order chi connectivity index (χ1) is 12.0. The van der Waals surface area contributed by atoms with Gasteiger partial charge in [0.15, 0.2) is 0 Å². The maximum atomic E-state index is 12.1. The second kappa shape index (κ2) is 7.72. The maximum Gasteiger partial charge on any atom is 0.251 e. The summed E-state index contributed by atoms with van der Waals surface area (Å²) in [6.07, 6.45) is 2.53. The molecule has 0 fully saturated rings. The number of nitrogens with zero attached hydrogens (tertiary/aromatic N) is 2. The van der Waals surface area contributed by atoms with Crippen LogP contribution < -0.4 is 5.32 Å². The van der Waals surface area contributed by atoms with Gasteiger partial charge in [0.1, 0.15) is 0 Å². The Hall–Kier alpha value is -2.30. The van der Waals surface area contributed by atoms with Crippen molar-refractivity contribution in [2.45, 2.75) is 6.42 Å². The van der Waals surface area contributed by atoms with Crippen molar-refractivity contribution in [3.8, 4) is 11.3 Å². The number of carbonyl (C=O) groups excluding carboxylic acids is 1. The summed E-state index contributed by atoms with van der Waals surface area (Å²) >= 11 is 11.8. The Morgan fingerprint density at radius 2 is 1.84 bits per heavy atom. The highest BCUT2D eigenvalue weighted by Gasteiger charge is 2.08. The van der Waals surface area contributed by atoms with E-state index in [4.69, 9.17) is 23.2 Å². The van der Waals surface area contributed by atoms with Crippen LogP contribution in [-0.2, 0) is 13.5 Å². The molecule has 1 heterocycles. The molecule has 0 bridgehead atoms. The number of rotatable bonds is 5. The number of nitrogens with one attached hydrogen (secondary N) is 1. The first kappa shape index (κ1) is 17.5. The lowest BCUT2D eigenvalue weighted by molar-refractivity contribution is 0.0954. The second-order valence-electron chi connectivity index (χ2n) is 5.67. The number of carbonyl (C=O) groups is 1. The van der Waals surface area contributed by atoms with Crippen molar-refractivity contribution in [2.75, 3.05) is 6.54 Å². The molecule has 2 aromatic carbocycles. The van der Waals surface area contributed by atoms with Gasteiger partial charge in [-0.05, 0) is 41.8 Å². The zero-order valence-electron chi connectivity index (χ0n) is 13.7. The molecule has 4 nitrogen and oxygen atoms in total. The third-order valence-electron chi connectivity index (χ3n) is 3.95. The van der Waals surface area contributed by atoms with Gasteiger partial charge >= 0.3 is 0 Å². The van der Waals surface area contributed by atoms with Gasteiger partial charge < -0.3 is 5.32 Å². The molecule has 128 valence electrons. The number of aromatic nitrogens is 2. The van der Waals surface area contributed by atoms with Crippen LogP contribution in [0.25, 0.3) is 11.3 Å². The Bertz CT molecular complexity index is 888. The van der Waals surface area contributed by atoms with Crippen molar-refractivity contribution in [1.29, 1.82) is 0 Å². The Morgan fingerprint density at radius 1 is 1.08 bits per heavy atom. The quantitative estimate of drug-likeness (QED) is 0.721.